The van der Waals surface area contributed by atoms with Crippen LogP contribution in [0.2, 0.25) is 0 Å². The number of rotatable bonds is 1. The largest absolute Gasteiger partial charge is 0.286 e. The molecular weight excluding hydrogens is 307 g/mol. The van der Waals surface area contributed by atoms with Crippen molar-refractivity contribution >= 4 is 32.4 Å². The summed E-state index contributed by atoms with van der Waals surface area (Å²) in [6.45, 7) is 0. The second-order valence-electron chi connectivity index (χ2n) is 2.53. The van der Waals surface area contributed by atoms with Crippen LogP contribution in [0.4, 0.5) is 0 Å². The molecule has 0 aliphatic rings. The van der Waals surface area contributed by atoms with Crippen molar-refractivity contribution in [2.75, 3.05) is 6.26 Å². The number of sulfone groups is 1. The van der Waals surface area contributed by atoms with Gasteiger partial charge in [0, 0.05) is 19.5 Å². The summed E-state index contributed by atoms with van der Waals surface area (Å²) in [6.07, 6.45) is 2.26. The fourth-order valence-corrected chi connectivity index (χ4v) is 2.17. The summed E-state index contributed by atoms with van der Waals surface area (Å²) < 4.78 is 23.6. The molecule has 13 heavy (non-hydrogen) atoms. The van der Waals surface area contributed by atoms with Crippen LogP contribution < -0.4 is 5.56 Å². The molecule has 1 rings (SSSR count). The Morgan fingerprint density at radius 2 is 2.08 bits per heavy atom. The highest BCUT2D eigenvalue weighted by molar-refractivity contribution is 14.1. The molecule has 0 atom stereocenters. The zero-order valence-electron chi connectivity index (χ0n) is 6.98. The van der Waals surface area contributed by atoms with Crippen LogP contribution in [-0.2, 0) is 16.9 Å². The molecule has 7 heteroatoms. The molecule has 1 heterocycles. The molecule has 0 saturated carbocycles. The number of aromatic nitrogens is 2. The Kier molecular flexibility index (Phi) is 2.76. The van der Waals surface area contributed by atoms with Crippen molar-refractivity contribution < 1.29 is 8.42 Å². The third kappa shape index (κ3) is 2.08. The van der Waals surface area contributed by atoms with Gasteiger partial charge < -0.3 is 0 Å². The number of halogens is 1. The van der Waals surface area contributed by atoms with E-state index in [0.717, 1.165) is 10.8 Å². The van der Waals surface area contributed by atoms with Crippen molar-refractivity contribution in [3.8, 4) is 0 Å². The molecule has 0 fully saturated rings. The minimum Gasteiger partial charge on any atom is -0.286 e. The van der Waals surface area contributed by atoms with Crippen LogP contribution in [0.1, 0.15) is 0 Å². The van der Waals surface area contributed by atoms with Crippen LogP contribution in [0.5, 0.6) is 0 Å². The smallest absolute Gasteiger partial charge is 0.267 e. The van der Waals surface area contributed by atoms with Gasteiger partial charge >= 0.3 is 0 Å². The Bertz CT molecular complexity index is 491. The lowest BCUT2D eigenvalue weighted by molar-refractivity contribution is 0.574. The van der Waals surface area contributed by atoms with E-state index in [1.807, 2.05) is 0 Å². The second-order valence-corrected chi connectivity index (χ2v) is 5.60. The summed E-state index contributed by atoms with van der Waals surface area (Å²) in [4.78, 5) is 15.0. The van der Waals surface area contributed by atoms with E-state index in [0.29, 0.717) is 3.57 Å². The van der Waals surface area contributed by atoms with E-state index < -0.39 is 9.84 Å². The summed E-state index contributed by atoms with van der Waals surface area (Å²) >= 11 is 1.80. The van der Waals surface area contributed by atoms with Gasteiger partial charge in [0.2, 0.25) is 15.0 Å². The van der Waals surface area contributed by atoms with Gasteiger partial charge in [-0.3, -0.25) is 9.36 Å². The van der Waals surface area contributed by atoms with Crippen LogP contribution in [0.25, 0.3) is 0 Å². The molecule has 0 aliphatic heterocycles. The third-order valence-electron chi connectivity index (χ3n) is 1.42. The molecule has 0 N–H and O–H groups in total. The van der Waals surface area contributed by atoms with Gasteiger partial charge in [0.15, 0.2) is 0 Å². The lowest BCUT2D eigenvalue weighted by Crippen LogP contribution is -2.25. The van der Waals surface area contributed by atoms with Gasteiger partial charge in [-0.05, 0) is 22.6 Å². The van der Waals surface area contributed by atoms with Crippen molar-refractivity contribution in [2.24, 2.45) is 7.05 Å². The van der Waals surface area contributed by atoms with Crippen LogP contribution in [0.15, 0.2) is 16.1 Å². The molecule has 0 unspecified atom stereocenters. The van der Waals surface area contributed by atoms with E-state index in [4.69, 9.17) is 0 Å². The van der Waals surface area contributed by atoms with Crippen molar-refractivity contribution in [3.05, 3.63) is 20.1 Å². The molecular formula is C6H7IN2O3S. The molecule has 0 aliphatic carbocycles. The zero-order chi connectivity index (χ0) is 10.2. The fourth-order valence-electron chi connectivity index (χ4n) is 0.845. The number of nitrogens with zero attached hydrogens (tertiary/aromatic N) is 2. The summed E-state index contributed by atoms with van der Waals surface area (Å²) in [5, 5.41) is -0.210. The molecule has 0 spiro atoms. The van der Waals surface area contributed by atoms with Gasteiger partial charge in [-0.1, -0.05) is 0 Å². The first-order valence-corrected chi connectivity index (χ1v) is 6.22. The predicted molar refractivity (Wildman–Crippen MR) is 55.3 cm³/mol. The molecule has 0 radical (unpaired) electrons. The van der Waals surface area contributed by atoms with Gasteiger partial charge in [-0.2, -0.15) is 0 Å². The van der Waals surface area contributed by atoms with Crippen LogP contribution in [0, 0.1) is 3.57 Å². The third-order valence-corrected chi connectivity index (χ3v) is 3.20. The van der Waals surface area contributed by atoms with E-state index in [2.05, 4.69) is 4.98 Å². The highest BCUT2D eigenvalue weighted by Crippen LogP contribution is 2.02. The van der Waals surface area contributed by atoms with Gasteiger partial charge in [0.05, 0.1) is 3.57 Å². The molecule has 0 amide bonds. The first-order chi connectivity index (χ1) is 5.84. The standard InChI is InChI=1S/C6H7IN2O3S/c1-9-5(10)4(7)3-8-6(9)13(2,11)12/h3H,1-2H3. The van der Waals surface area contributed by atoms with Crippen molar-refractivity contribution in [3.63, 3.8) is 0 Å². The lowest BCUT2D eigenvalue weighted by atomic mass is 10.6. The average molecular weight is 314 g/mol. The van der Waals surface area contributed by atoms with E-state index in [1.165, 1.54) is 13.2 Å². The fraction of sp³-hybridized carbons (Fsp3) is 0.333. The molecule has 72 valence electrons. The first kappa shape index (κ1) is 10.6. The monoisotopic (exact) mass is 314 g/mol. The summed E-state index contributed by atoms with van der Waals surface area (Å²) in [5.41, 5.74) is -0.351. The van der Waals surface area contributed by atoms with Crippen LogP contribution in [0.3, 0.4) is 0 Å². The van der Waals surface area contributed by atoms with Gasteiger partial charge in [0.1, 0.15) is 0 Å². The summed E-state index contributed by atoms with van der Waals surface area (Å²) in [7, 11) is -2.04. The lowest BCUT2D eigenvalue weighted by Gasteiger charge is -2.03. The van der Waals surface area contributed by atoms with E-state index in [1.54, 1.807) is 22.6 Å². The Morgan fingerprint density at radius 1 is 1.54 bits per heavy atom. The zero-order valence-corrected chi connectivity index (χ0v) is 9.96. The van der Waals surface area contributed by atoms with Gasteiger partial charge in [-0.15, -0.1) is 0 Å². The van der Waals surface area contributed by atoms with Gasteiger partial charge in [-0.25, -0.2) is 13.4 Å². The molecule has 0 bridgehead atoms. The van der Waals surface area contributed by atoms with Crippen molar-refractivity contribution in [1.29, 1.82) is 0 Å². The van der Waals surface area contributed by atoms with Crippen molar-refractivity contribution in [1.82, 2.24) is 9.55 Å². The average Bonchev–Trinajstić information content (AvgIpc) is 1.98. The maximum Gasteiger partial charge on any atom is 0.267 e. The quantitative estimate of drug-likeness (QED) is 0.531. The van der Waals surface area contributed by atoms with E-state index in [9.17, 15) is 13.2 Å². The second kappa shape index (κ2) is 3.37. The molecule has 5 nitrogen and oxygen atoms in total. The maximum atomic E-state index is 11.3. The number of hydrogen-bond donors (Lipinski definition) is 0. The SMILES string of the molecule is Cn1c(S(C)(=O)=O)ncc(I)c1=O. The minimum absolute atomic E-state index is 0.210. The Morgan fingerprint density at radius 3 is 2.54 bits per heavy atom. The topological polar surface area (TPSA) is 69.0 Å². The predicted octanol–water partition coefficient (Wildman–Crippen LogP) is -0.212. The Balaban J connectivity index is 3.63. The Labute approximate surface area is 88.9 Å². The van der Waals surface area contributed by atoms with Gasteiger partial charge in [0.25, 0.3) is 5.56 Å². The van der Waals surface area contributed by atoms with E-state index in [-0.39, 0.29) is 10.7 Å². The normalized spacial score (nSPS) is 11.6. The van der Waals surface area contributed by atoms with Crippen molar-refractivity contribution in [2.45, 2.75) is 5.16 Å². The molecule has 0 aromatic carbocycles. The van der Waals surface area contributed by atoms with Crippen LogP contribution in [-0.4, -0.2) is 24.2 Å². The Hall–Kier alpha value is -0.440. The van der Waals surface area contributed by atoms with E-state index >= 15 is 0 Å². The summed E-state index contributed by atoms with van der Waals surface area (Å²) in [5.74, 6) is 0. The molecule has 0 saturated heterocycles. The minimum atomic E-state index is -3.42. The molecule has 1 aromatic rings. The number of hydrogen-bond acceptors (Lipinski definition) is 4. The molecule has 1 aromatic heterocycles. The first-order valence-electron chi connectivity index (χ1n) is 3.25. The summed E-state index contributed by atoms with van der Waals surface area (Å²) in [6, 6.07) is 0. The maximum absolute atomic E-state index is 11.3. The highest BCUT2D eigenvalue weighted by Gasteiger charge is 2.14. The van der Waals surface area contributed by atoms with Crippen LogP contribution >= 0.6 is 22.6 Å². The highest BCUT2D eigenvalue weighted by atomic mass is 127.